The molecule has 0 bridgehead atoms. The van der Waals surface area contributed by atoms with Gasteiger partial charge >= 0.3 is 36.4 Å². The monoisotopic (exact) mass is 1150 g/mol. The number of halogens is 11. The number of nitriles is 2. The second-order valence-corrected chi connectivity index (χ2v) is 16.6. The highest BCUT2D eigenvalue weighted by Crippen LogP contribution is 2.54. The molecule has 18 nitrogen and oxygen atoms in total. The summed E-state index contributed by atoms with van der Waals surface area (Å²) in [4.78, 5) is 77.9. The summed E-state index contributed by atoms with van der Waals surface area (Å²) in [6.45, 7) is 1.81. The van der Waals surface area contributed by atoms with E-state index in [0.29, 0.717) is 54.6 Å². The van der Waals surface area contributed by atoms with Crippen molar-refractivity contribution in [3.05, 3.63) is 164 Å². The van der Waals surface area contributed by atoms with Gasteiger partial charge in [-0.15, -0.1) is 0 Å². The van der Waals surface area contributed by atoms with E-state index in [1.54, 1.807) is 0 Å². The number of carbonyl (C=O) groups excluding carboxylic acids is 3. The van der Waals surface area contributed by atoms with Crippen LogP contribution in [0.2, 0.25) is 10.0 Å². The van der Waals surface area contributed by atoms with E-state index in [-0.39, 0.29) is 24.3 Å². The van der Waals surface area contributed by atoms with Crippen molar-refractivity contribution in [2.75, 3.05) is 19.8 Å². The predicted molar refractivity (Wildman–Crippen MR) is 257 cm³/mol. The Bertz CT molecular complexity index is 3640. The lowest BCUT2D eigenvalue weighted by atomic mass is 9.84. The topological polar surface area (TPSA) is 265 Å². The van der Waals surface area contributed by atoms with Crippen molar-refractivity contribution in [1.82, 2.24) is 0 Å². The van der Waals surface area contributed by atoms with Crippen LogP contribution < -0.4 is 4.74 Å². The molecule has 0 unspecified atom stereocenters. The van der Waals surface area contributed by atoms with Crippen LogP contribution in [0.15, 0.2) is 78.9 Å². The van der Waals surface area contributed by atoms with Gasteiger partial charge in [-0.25, -0.2) is 14.4 Å². The van der Waals surface area contributed by atoms with Crippen LogP contribution in [0.1, 0.15) is 79.7 Å². The van der Waals surface area contributed by atoms with Crippen molar-refractivity contribution >= 4 is 58.2 Å². The molecule has 0 saturated heterocycles. The highest BCUT2D eigenvalue weighted by molar-refractivity contribution is 6.40. The first-order valence-corrected chi connectivity index (χ1v) is 22.7. The summed E-state index contributed by atoms with van der Waals surface area (Å²) in [6, 6.07) is 8.64. The van der Waals surface area contributed by atoms with Gasteiger partial charge in [0.1, 0.15) is 28.2 Å². The van der Waals surface area contributed by atoms with Crippen LogP contribution in [0.3, 0.4) is 0 Å². The minimum atomic E-state index is -5.20. The lowest BCUT2D eigenvalue weighted by molar-refractivity contribution is -0.385. The van der Waals surface area contributed by atoms with Gasteiger partial charge in [-0.1, -0.05) is 35.3 Å². The first-order chi connectivity index (χ1) is 37.0. The minimum absolute atomic E-state index is 0.222. The summed E-state index contributed by atoms with van der Waals surface area (Å²) in [5.74, 6) is -7.13. The van der Waals surface area contributed by atoms with E-state index in [4.69, 9.17) is 42.1 Å². The first kappa shape index (κ1) is 58.9. The number of ether oxygens (including phenoxy) is 4. The number of alkyl halides is 9. The van der Waals surface area contributed by atoms with Crippen LogP contribution in [-0.4, -0.2) is 52.5 Å². The molecule has 29 heteroatoms. The largest absolute Gasteiger partial charge is 0.462 e. The summed E-state index contributed by atoms with van der Waals surface area (Å²) in [6.07, 6.45) is -15.6. The highest BCUT2D eigenvalue weighted by atomic mass is 35.5. The fourth-order valence-corrected chi connectivity index (χ4v) is 8.75. The molecule has 0 atom stereocenters. The van der Waals surface area contributed by atoms with Crippen LogP contribution in [-0.2, 0) is 32.7 Å². The number of benzene rings is 6. The Morgan fingerprint density at radius 1 is 0.494 bits per heavy atom. The van der Waals surface area contributed by atoms with Gasteiger partial charge in [0.2, 0.25) is 0 Å². The van der Waals surface area contributed by atoms with Gasteiger partial charge in [-0.2, -0.15) is 50.0 Å². The predicted octanol–water partition coefficient (Wildman–Crippen LogP) is 14.5. The Hall–Kier alpha value is -9.34. The van der Waals surface area contributed by atoms with Crippen molar-refractivity contribution in [1.29, 1.82) is 10.5 Å². The molecule has 0 radical (unpaired) electrons. The van der Waals surface area contributed by atoms with Crippen LogP contribution >= 0.6 is 23.2 Å². The maximum Gasteiger partial charge on any atom is 0.416 e. The normalized spacial score (nSPS) is 11.5. The van der Waals surface area contributed by atoms with Gasteiger partial charge in [0, 0.05) is 45.5 Å². The fraction of sp³-hybridized carbons (Fsp3) is 0.180. The molecule has 0 aliphatic rings. The lowest BCUT2D eigenvalue weighted by Gasteiger charge is -2.23. The number of nitro groups is 3. The van der Waals surface area contributed by atoms with Crippen molar-refractivity contribution in [3.63, 3.8) is 0 Å². The molecule has 6 aromatic carbocycles. The fourth-order valence-electron chi connectivity index (χ4n) is 8.07. The van der Waals surface area contributed by atoms with Crippen molar-refractivity contribution in [2.45, 2.75) is 39.3 Å². The van der Waals surface area contributed by atoms with Crippen LogP contribution in [0.5, 0.6) is 11.5 Å². The van der Waals surface area contributed by atoms with E-state index in [0.717, 1.165) is 6.92 Å². The van der Waals surface area contributed by atoms with E-state index < -0.39 is 199 Å². The molecule has 408 valence electrons. The van der Waals surface area contributed by atoms with Crippen LogP contribution in [0, 0.1) is 53.0 Å². The first-order valence-electron chi connectivity index (χ1n) is 21.9. The molecule has 6 rings (SSSR count). The zero-order valence-corrected chi connectivity index (χ0v) is 41.3. The summed E-state index contributed by atoms with van der Waals surface area (Å²) in [5.41, 5.74) is -21.7. The second-order valence-electron chi connectivity index (χ2n) is 15.8. The molecule has 79 heavy (non-hydrogen) atoms. The quantitative estimate of drug-likeness (QED) is 0.0304. The number of hydrogen-bond donors (Lipinski definition) is 0. The van der Waals surface area contributed by atoms with E-state index in [9.17, 15) is 94.8 Å². The standard InChI is InChI=1S/C50H28Cl2F9N5O13/c1-4-76-45(67)41-34(65(72)73)13-14-35(37(41)27-9-7-24(48(53,54)55)15-22(27)20-62)79-36-19-30(44(66(74)75)43(47(69)78-6-3)38(36)28-10-8-25(49(56,57)58)16-23(28)21-63)29-11-12-33(64(70)71)42(46(68)77-5-2)39(29)40-31(51)17-26(18-32(40)52)50(59,60)61/h7-19H,4-6H2,1-3H3. The van der Waals surface area contributed by atoms with Gasteiger partial charge < -0.3 is 18.9 Å². The molecule has 0 aliphatic carbocycles. The van der Waals surface area contributed by atoms with Gasteiger partial charge in [0.25, 0.3) is 17.1 Å². The smallest absolute Gasteiger partial charge is 0.416 e. The molecule has 6 aromatic rings. The Morgan fingerprint density at radius 2 is 0.886 bits per heavy atom. The third-order valence-corrected chi connectivity index (χ3v) is 11.8. The summed E-state index contributed by atoms with van der Waals surface area (Å²) in [7, 11) is 0. The van der Waals surface area contributed by atoms with Gasteiger partial charge in [0.05, 0.1) is 90.2 Å². The molecule has 0 aliphatic heterocycles. The third-order valence-electron chi connectivity index (χ3n) is 11.2. The highest BCUT2D eigenvalue weighted by Gasteiger charge is 2.42. The summed E-state index contributed by atoms with van der Waals surface area (Å²) in [5, 5.41) is 57.7. The molecule has 0 aromatic heterocycles. The number of rotatable bonds is 15. The number of nitrogens with zero attached hydrogens (tertiary/aromatic N) is 5. The molecule has 0 heterocycles. The average molecular weight is 1150 g/mol. The Balaban J connectivity index is 1.99. The van der Waals surface area contributed by atoms with Gasteiger partial charge in [0.15, 0.2) is 0 Å². The zero-order valence-electron chi connectivity index (χ0n) is 39.8. The number of esters is 3. The maximum atomic E-state index is 14.6. The molecular formula is C50H28Cl2F9N5O13. The van der Waals surface area contributed by atoms with E-state index in [1.807, 2.05) is 0 Å². The van der Waals surface area contributed by atoms with E-state index >= 15 is 0 Å². The van der Waals surface area contributed by atoms with Gasteiger partial charge in [-0.3, -0.25) is 30.3 Å². The van der Waals surface area contributed by atoms with Gasteiger partial charge in [-0.05, 0) is 80.9 Å². The molecular weight excluding hydrogens is 1120 g/mol. The minimum Gasteiger partial charge on any atom is -0.462 e. The van der Waals surface area contributed by atoms with Crippen LogP contribution in [0.4, 0.5) is 56.6 Å². The lowest BCUT2D eigenvalue weighted by Crippen LogP contribution is -2.15. The number of carbonyl (C=O) groups is 3. The zero-order chi connectivity index (χ0) is 58.8. The Morgan fingerprint density at radius 3 is 1.28 bits per heavy atom. The van der Waals surface area contributed by atoms with E-state index in [2.05, 4.69) is 0 Å². The summed E-state index contributed by atoms with van der Waals surface area (Å²) < 4.78 is 149. The molecule has 0 spiro atoms. The molecule has 0 N–H and O–H groups in total. The second kappa shape index (κ2) is 22.7. The Labute approximate surface area is 446 Å². The SMILES string of the molecule is CCOC(=O)c1c([N+](=O)[O-])ccc(Oc2cc(-c3ccc([N+](=O)[O-])c(C(=O)OCC)c3-c3c(Cl)cc(C(F)(F)F)cc3Cl)c([N+](=O)[O-])c(C(=O)OCC)c2-c2ccc(C(F)(F)F)cc2C#N)c1-c1ccc(C(F)(F)F)cc1C#N. The summed E-state index contributed by atoms with van der Waals surface area (Å²) >= 11 is 13.0. The van der Waals surface area contributed by atoms with Crippen molar-refractivity contribution < 1.29 is 87.6 Å². The van der Waals surface area contributed by atoms with Crippen molar-refractivity contribution in [3.8, 4) is 68.1 Å². The number of hydrogen-bond acceptors (Lipinski definition) is 15. The van der Waals surface area contributed by atoms with Crippen molar-refractivity contribution in [2.24, 2.45) is 0 Å². The van der Waals surface area contributed by atoms with Crippen LogP contribution in [0.25, 0.3) is 44.5 Å². The van der Waals surface area contributed by atoms with E-state index in [1.165, 1.54) is 26.0 Å². The molecule has 0 fully saturated rings. The molecule has 0 saturated carbocycles. The maximum absolute atomic E-state index is 14.6. The molecule has 0 amide bonds. The third kappa shape index (κ3) is 11.7. The average Bonchev–Trinajstić information content (AvgIpc) is 3.57. The number of nitro benzene ring substituents is 3. The Kier molecular flexibility index (Phi) is 16.9.